The molecule has 0 bridgehead atoms. The van der Waals surface area contributed by atoms with Gasteiger partial charge in [0.15, 0.2) is 0 Å². The maximum atomic E-state index is 13.3. The molecule has 72 valence electrons. The maximum Gasteiger partial charge on any atom is 0.343 e. The largest absolute Gasteiger partial charge is 0.385 e. The zero-order valence-electron chi connectivity index (χ0n) is 7.20. The van der Waals surface area contributed by atoms with Crippen molar-refractivity contribution in [3.63, 3.8) is 0 Å². The fourth-order valence-corrected chi connectivity index (χ4v) is 1.36. The Hall–Kier alpha value is -1.91. The average molecular weight is 193 g/mol. The summed E-state index contributed by atoms with van der Waals surface area (Å²) in [6, 6.07) is 4.96. The third-order valence-electron chi connectivity index (χ3n) is 2.01. The van der Waals surface area contributed by atoms with Crippen LogP contribution >= 0.6 is 0 Å². The lowest BCUT2D eigenvalue weighted by atomic mass is 10.1. The van der Waals surface area contributed by atoms with Crippen molar-refractivity contribution in [2.24, 2.45) is 10.7 Å². The molecule has 1 aromatic rings. The zero-order chi connectivity index (χ0) is 10.1. The highest BCUT2D eigenvalue weighted by Gasteiger charge is 2.26. The van der Waals surface area contributed by atoms with Crippen LogP contribution in [0.5, 0.6) is 0 Å². The lowest BCUT2D eigenvalue weighted by Crippen LogP contribution is -2.28. The summed E-state index contributed by atoms with van der Waals surface area (Å²) in [7, 11) is 0. The van der Waals surface area contributed by atoms with Gasteiger partial charge in [-0.2, -0.15) is 4.99 Å². The first-order valence-electron chi connectivity index (χ1n) is 4.07. The van der Waals surface area contributed by atoms with E-state index < -0.39 is 17.9 Å². The van der Waals surface area contributed by atoms with Gasteiger partial charge in [0, 0.05) is 5.56 Å². The van der Waals surface area contributed by atoms with Crippen molar-refractivity contribution in [3.8, 4) is 0 Å². The summed E-state index contributed by atoms with van der Waals surface area (Å²) in [5.74, 6) is -0.307. The highest BCUT2D eigenvalue weighted by molar-refractivity contribution is 6.03. The molecule has 2 amide bonds. The van der Waals surface area contributed by atoms with Crippen molar-refractivity contribution in [3.05, 3.63) is 35.6 Å². The van der Waals surface area contributed by atoms with E-state index in [4.69, 9.17) is 5.73 Å². The molecule has 3 N–H and O–H groups in total. The first-order chi connectivity index (χ1) is 6.68. The highest BCUT2D eigenvalue weighted by atomic mass is 19.1. The number of nitrogens with zero attached hydrogens (tertiary/aromatic N) is 1. The summed E-state index contributed by atoms with van der Waals surface area (Å²) in [6.07, 6.45) is 0. The monoisotopic (exact) mass is 193 g/mol. The van der Waals surface area contributed by atoms with Gasteiger partial charge in [0.05, 0.1) is 0 Å². The topological polar surface area (TPSA) is 67.5 Å². The number of halogens is 1. The second-order valence-electron chi connectivity index (χ2n) is 2.94. The molecule has 1 aliphatic rings. The Morgan fingerprint density at radius 1 is 1.43 bits per heavy atom. The molecule has 1 aliphatic heterocycles. The van der Waals surface area contributed by atoms with E-state index in [1.807, 2.05) is 0 Å². The molecule has 1 unspecified atom stereocenters. The molecule has 0 fully saturated rings. The van der Waals surface area contributed by atoms with Crippen LogP contribution in [-0.4, -0.2) is 11.9 Å². The number of aliphatic imine (C=N–C) groups is 1. The summed E-state index contributed by atoms with van der Waals surface area (Å²) in [6.45, 7) is 0. The van der Waals surface area contributed by atoms with Gasteiger partial charge in [0.1, 0.15) is 17.7 Å². The molecular formula is C9H8FN3O. The predicted octanol–water partition coefficient (Wildman–Crippen LogP) is 0.947. The number of rotatable bonds is 1. The molecule has 4 nitrogen and oxygen atoms in total. The first kappa shape index (κ1) is 8.68. The number of carbonyl (C=O) groups is 1. The zero-order valence-corrected chi connectivity index (χ0v) is 7.20. The number of amides is 2. The second kappa shape index (κ2) is 3.10. The SMILES string of the molecule is NC1=NC(=O)NC1c1ccccc1F. The van der Waals surface area contributed by atoms with Crippen molar-refractivity contribution >= 4 is 11.9 Å². The van der Waals surface area contributed by atoms with Gasteiger partial charge in [-0.15, -0.1) is 0 Å². The van der Waals surface area contributed by atoms with Gasteiger partial charge in [0.25, 0.3) is 0 Å². The van der Waals surface area contributed by atoms with Crippen LogP contribution in [0.1, 0.15) is 11.6 Å². The van der Waals surface area contributed by atoms with Crippen molar-refractivity contribution in [1.82, 2.24) is 5.32 Å². The number of amidine groups is 1. The van der Waals surface area contributed by atoms with E-state index in [1.54, 1.807) is 18.2 Å². The molecule has 1 aromatic carbocycles. The third kappa shape index (κ3) is 1.32. The normalized spacial score (nSPS) is 20.5. The van der Waals surface area contributed by atoms with Gasteiger partial charge >= 0.3 is 6.03 Å². The lowest BCUT2D eigenvalue weighted by molar-refractivity contribution is 0.250. The van der Waals surface area contributed by atoms with Gasteiger partial charge in [-0.05, 0) is 6.07 Å². The molecule has 0 saturated heterocycles. The number of nitrogens with one attached hydrogen (secondary N) is 1. The van der Waals surface area contributed by atoms with Crippen LogP contribution in [0, 0.1) is 5.82 Å². The molecule has 14 heavy (non-hydrogen) atoms. The van der Waals surface area contributed by atoms with E-state index in [9.17, 15) is 9.18 Å². The number of carbonyl (C=O) groups excluding carboxylic acids is 1. The Kier molecular flexibility index (Phi) is 1.92. The summed E-state index contributed by atoms with van der Waals surface area (Å²) in [4.78, 5) is 14.3. The van der Waals surface area contributed by atoms with Crippen LogP contribution in [0.25, 0.3) is 0 Å². The van der Waals surface area contributed by atoms with Crippen molar-refractivity contribution in [1.29, 1.82) is 0 Å². The molecular weight excluding hydrogens is 185 g/mol. The summed E-state index contributed by atoms with van der Waals surface area (Å²) >= 11 is 0. The molecule has 1 atom stereocenters. The van der Waals surface area contributed by atoms with E-state index in [-0.39, 0.29) is 5.84 Å². The Balaban J connectivity index is 2.38. The Bertz CT molecular complexity index is 416. The molecule has 0 spiro atoms. The van der Waals surface area contributed by atoms with Crippen molar-refractivity contribution in [2.45, 2.75) is 6.04 Å². The molecule has 0 saturated carbocycles. The van der Waals surface area contributed by atoms with Gasteiger partial charge in [-0.25, -0.2) is 9.18 Å². The second-order valence-corrected chi connectivity index (χ2v) is 2.94. The molecule has 5 heteroatoms. The van der Waals surface area contributed by atoms with E-state index in [2.05, 4.69) is 10.3 Å². The van der Waals surface area contributed by atoms with Gasteiger partial charge < -0.3 is 11.1 Å². The van der Waals surface area contributed by atoms with E-state index >= 15 is 0 Å². The van der Waals surface area contributed by atoms with E-state index in [1.165, 1.54) is 6.07 Å². The predicted molar refractivity (Wildman–Crippen MR) is 49.3 cm³/mol. The number of benzene rings is 1. The summed E-state index contributed by atoms with van der Waals surface area (Å²) < 4.78 is 13.3. The van der Waals surface area contributed by atoms with Gasteiger partial charge in [0.2, 0.25) is 0 Å². The average Bonchev–Trinajstić information content (AvgIpc) is 2.46. The summed E-state index contributed by atoms with van der Waals surface area (Å²) in [5.41, 5.74) is 5.80. The van der Waals surface area contributed by atoms with Gasteiger partial charge in [-0.3, -0.25) is 0 Å². The van der Waals surface area contributed by atoms with E-state index in [0.29, 0.717) is 5.56 Å². The van der Waals surface area contributed by atoms with Crippen LogP contribution in [0.2, 0.25) is 0 Å². The minimum absolute atomic E-state index is 0.0973. The fourth-order valence-electron chi connectivity index (χ4n) is 1.36. The molecule has 0 radical (unpaired) electrons. The third-order valence-corrected chi connectivity index (χ3v) is 2.01. The minimum Gasteiger partial charge on any atom is -0.385 e. The first-order valence-corrected chi connectivity index (χ1v) is 4.07. The Morgan fingerprint density at radius 3 is 2.71 bits per heavy atom. The van der Waals surface area contributed by atoms with Crippen LogP contribution in [0.15, 0.2) is 29.3 Å². The van der Waals surface area contributed by atoms with Crippen LogP contribution in [0.3, 0.4) is 0 Å². The molecule has 1 heterocycles. The number of hydrogen-bond donors (Lipinski definition) is 2. The van der Waals surface area contributed by atoms with Crippen molar-refractivity contribution in [2.75, 3.05) is 0 Å². The number of hydrogen-bond acceptors (Lipinski definition) is 2. The van der Waals surface area contributed by atoms with Gasteiger partial charge in [-0.1, -0.05) is 18.2 Å². The highest BCUT2D eigenvalue weighted by Crippen LogP contribution is 2.19. The summed E-state index contributed by atoms with van der Waals surface area (Å²) in [5, 5.41) is 2.45. The number of nitrogens with two attached hydrogens (primary N) is 1. The maximum absolute atomic E-state index is 13.3. The molecule has 0 aromatic heterocycles. The smallest absolute Gasteiger partial charge is 0.343 e. The minimum atomic E-state index is -0.635. The van der Waals surface area contributed by atoms with E-state index in [0.717, 1.165) is 0 Å². The Morgan fingerprint density at radius 2 is 2.14 bits per heavy atom. The number of urea groups is 1. The molecule has 0 aliphatic carbocycles. The van der Waals surface area contributed by atoms with Crippen LogP contribution in [0.4, 0.5) is 9.18 Å². The Labute approximate surface area is 79.6 Å². The van der Waals surface area contributed by atoms with Crippen LogP contribution < -0.4 is 11.1 Å². The molecule has 2 rings (SSSR count). The van der Waals surface area contributed by atoms with Crippen molar-refractivity contribution < 1.29 is 9.18 Å². The lowest BCUT2D eigenvalue weighted by Gasteiger charge is -2.10. The van der Waals surface area contributed by atoms with Crippen LogP contribution in [-0.2, 0) is 0 Å². The standard InChI is InChI=1S/C9H8FN3O/c10-6-4-2-1-3-5(6)7-8(11)13-9(14)12-7/h1-4,7H,(H3,11,12,13,14). The fraction of sp³-hybridized carbons (Fsp3) is 0.111. The quantitative estimate of drug-likeness (QED) is 0.697.